The molecule has 0 atom stereocenters. The largest absolute Gasteiger partial charge is 0.454 e. The van der Waals surface area contributed by atoms with Crippen molar-refractivity contribution in [1.29, 1.82) is 0 Å². The fraction of sp³-hybridized carbons (Fsp3) is 0.239. The molecule has 0 bridgehead atoms. The molecule has 5 heteroatoms. The Morgan fingerprint density at radius 2 is 0.842 bits per heavy atom. The second-order valence-electron chi connectivity index (χ2n) is 25.7. The van der Waals surface area contributed by atoms with Gasteiger partial charge in [-0.1, -0.05) is 224 Å². The van der Waals surface area contributed by atoms with Crippen molar-refractivity contribution in [3.8, 4) is 11.1 Å². The zero-order valence-electron chi connectivity index (χ0n) is 47.3. The lowest BCUT2D eigenvalue weighted by Crippen LogP contribution is -2.37. The molecule has 1 aliphatic rings. The molecule has 10 aromatic rings. The first-order chi connectivity index (χ1) is 36.0. The summed E-state index contributed by atoms with van der Waals surface area (Å²) in [6, 6.07) is 74.5. The Balaban J connectivity index is 1.26. The summed E-state index contributed by atoms with van der Waals surface area (Å²) in [6.45, 7) is 32.7. The van der Waals surface area contributed by atoms with Crippen LogP contribution in [0.4, 0.5) is 34.1 Å². The number of nitrogens with zero attached hydrogens (tertiary/aromatic N) is 2. The number of hydrogen-bond acceptors (Lipinski definition) is 3. The van der Waals surface area contributed by atoms with Crippen LogP contribution in [0.15, 0.2) is 199 Å². The van der Waals surface area contributed by atoms with Crippen molar-refractivity contribution >= 4 is 82.6 Å². The maximum Gasteiger partial charge on any atom is 0.160 e. The smallest absolute Gasteiger partial charge is 0.160 e. The lowest BCUT2D eigenvalue weighted by molar-refractivity contribution is 0.590. The third-order valence-electron chi connectivity index (χ3n) is 16.1. The van der Waals surface area contributed by atoms with Gasteiger partial charge in [0.25, 0.3) is 0 Å². The highest BCUT2D eigenvalue weighted by molar-refractivity contribution is 6.89. The number of benzene rings is 9. The summed E-state index contributed by atoms with van der Waals surface area (Å²) in [7, 11) is -3.18. The van der Waals surface area contributed by atoms with Crippen LogP contribution in [-0.4, -0.2) is 16.1 Å². The molecular formula is C71H74N2OSi2. The Labute approximate surface area is 454 Å². The van der Waals surface area contributed by atoms with Crippen LogP contribution < -0.4 is 20.2 Å². The SMILES string of the molecule is Cc1ccc(C2(c3ccc(C)cc3)c3cc(N(c4ccc(C(C)(C)C)cc4)c4ccc([Si](C)(C)C)cc4)ccc3-c3c2cc(N(c2ccc(C(C)(C)C)cc2)c2ccc([Si](C)(C)C)cc2)c2oc4ccccc4c32)cc1. The van der Waals surface area contributed by atoms with E-state index in [0.717, 1.165) is 56.1 Å². The molecule has 1 aliphatic carbocycles. The van der Waals surface area contributed by atoms with Crippen molar-refractivity contribution in [1.82, 2.24) is 0 Å². The minimum Gasteiger partial charge on any atom is -0.454 e. The van der Waals surface area contributed by atoms with Crippen LogP contribution in [0.3, 0.4) is 0 Å². The summed E-state index contributed by atoms with van der Waals surface area (Å²) >= 11 is 0. The van der Waals surface area contributed by atoms with Gasteiger partial charge in [-0.25, -0.2) is 0 Å². The molecule has 0 N–H and O–H groups in total. The number of aryl methyl sites for hydroxylation is 2. The fourth-order valence-electron chi connectivity index (χ4n) is 11.7. The predicted octanol–water partition coefficient (Wildman–Crippen LogP) is 19.2. The van der Waals surface area contributed by atoms with Crippen molar-refractivity contribution in [2.45, 2.75) is 111 Å². The molecule has 3 nitrogen and oxygen atoms in total. The van der Waals surface area contributed by atoms with Gasteiger partial charge in [0.2, 0.25) is 0 Å². The van der Waals surface area contributed by atoms with E-state index in [1.807, 2.05) is 0 Å². The second kappa shape index (κ2) is 18.5. The van der Waals surface area contributed by atoms with E-state index in [1.165, 1.54) is 66.0 Å². The van der Waals surface area contributed by atoms with Gasteiger partial charge >= 0.3 is 0 Å². The van der Waals surface area contributed by atoms with E-state index in [0.29, 0.717) is 0 Å². The lowest BCUT2D eigenvalue weighted by Gasteiger charge is -2.36. The van der Waals surface area contributed by atoms with Gasteiger partial charge in [-0.15, -0.1) is 0 Å². The number of fused-ring (bicyclic) bond motifs is 7. The molecule has 0 saturated heterocycles. The molecule has 0 fully saturated rings. The average Bonchev–Trinajstić information content (AvgIpc) is 4.11. The molecule has 9 aromatic carbocycles. The molecule has 0 aliphatic heterocycles. The third kappa shape index (κ3) is 8.85. The topological polar surface area (TPSA) is 19.6 Å². The normalized spacial score (nSPS) is 13.5. The molecule has 76 heavy (non-hydrogen) atoms. The highest BCUT2D eigenvalue weighted by Crippen LogP contribution is 2.62. The van der Waals surface area contributed by atoms with Crippen LogP contribution >= 0.6 is 0 Å². The third-order valence-corrected chi connectivity index (χ3v) is 20.3. The van der Waals surface area contributed by atoms with Crippen molar-refractivity contribution in [2.75, 3.05) is 9.80 Å². The molecule has 382 valence electrons. The number of para-hydroxylation sites is 1. The summed E-state index contributed by atoms with van der Waals surface area (Å²) in [5, 5.41) is 5.11. The van der Waals surface area contributed by atoms with E-state index >= 15 is 0 Å². The molecule has 0 spiro atoms. The zero-order chi connectivity index (χ0) is 53.7. The minimum atomic E-state index is -1.61. The summed E-state index contributed by atoms with van der Waals surface area (Å²) in [4.78, 5) is 4.93. The molecule has 0 saturated carbocycles. The predicted molar refractivity (Wildman–Crippen MR) is 333 cm³/mol. The molecule has 1 heterocycles. The maximum absolute atomic E-state index is 7.32. The first-order valence-electron chi connectivity index (χ1n) is 27.3. The number of furan rings is 1. The summed E-state index contributed by atoms with van der Waals surface area (Å²) in [5.41, 5.74) is 20.0. The lowest BCUT2D eigenvalue weighted by atomic mass is 9.67. The number of rotatable bonds is 10. The first-order valence-corrected chi connectivity index (χ1v) is 34.3. The van der Waals surface area contributed by atoms with Gasteiger partial charge in [0, 0.05) is 39.2 Å². The van der Waals surface area contributed by atoms with Crippen LogP contribution in [0.5, 0.6) is 0 Å². The molecule has 11 rings (SSSR count). The Hall–Kier alpha value is -7.19. The molecule has 0 unspecified atom stereocenters. The van der Waals surface area contributed by atoms with E-state index in [9.17, 15) is 0 Å². The van der Waals surface area contributed by atoms with Crippen molar-refractivity contribution in [3.63, 3.8) is 0 Å². The summed E-state index contributed by atoms with van der Waals surface area (Å²) < 4.78 is 7.32. The van der Waals surface area contributed by atoms with Crippen molar-refractivity contribution in [2.24, 2.45) is 0 Å². The van der Waals surface area contributed by atoms with Gasteiger partial charge in [-0.3, -0.25) is 0 Å². The Kier molecular flexibility index (Phi) is 12.4. The van der Waals surface area contributed by atoms with Gasteiger partial charge in [-0.05, 0) is 142 Å². The fourth-order valence-corrected chi connectivity index (χ4v) is 14.0. The molecule has 0 radical (unpaired) electrons. The molecule has 0 amide bonds. The highest BCUT2D eigenvalue weighted by atomic mass is 28.3. The quantitative estimate of drug-likeness (QED) is 0.127. The second-order valence-corrected chi connectivity index (χ2v) is 35.8. The number of hydrogen-bond donors (Lipinski definition) is 0. The first kappa shape index (κ1) is 50.9. The average molecular weight is 1030 g/mol. The molecule has 1 aromatic heterocycles. The Bertz CT molecular complexity index is 3600. The van der Waals surface area contributed by atoms with Crippen LogP contribution in [0.2, 0.25) is 39.3 Å². The van der Waals surface area contributed by atoms with E-state index in [4.69, 9.17) is 4.42 Å². The summed E-state index contributed by atoms with van der Waals surface area (Å²) in [5.74, 6) is 0. The van der Waals surface area contributed by atoms with Gasteiger partial charge in [0.15, 0.2) is 5.58 Å². The van der Waals surface area contributed by atoms with Crippen LogP contribution in [0.1, 0.15) is 86.1 Å². The Morgan fingerprint density at radius 1 is 0.421 bits per heavy atom. The van der Waals surface area contributed by atoms with E-state index < -0.39 is 21.6 Å². The summed E-state index contributed by atoms with van der Waals surface area (Å²) in [6.07, 6.45) is 0. The van der Waals surface area contributed by atoms with Crippen LogP contribution in [0.25, 0.3) is 33.1 Å². The maximum atomic E-state index is 7.32. The van der Waals surface area contributed by atoms with Gasteiger partial charge < -0.3 is 14.2 Å². The van der Waals surface area contributed by atoms with Gasteiger partial charge in [0.1, 0.15) is 5.58 Å². The van der Waals surface area contributed by atoms with Crippen molar-refractivity contribution in [3.05, 3.63) is 239 Å². The monoisotopic (exact) mass is 1030 g/mol. The Morgan fingerprint density at radius 3 is 1.29 bits per heavy atom. The van der Waals surface area contributed by atoms with Gasteiger partial charge in [-0.2, -0.15) is 0 Å². The van der Waals surface area contributed by atoms with E-state index in [2.05, 4.69) is 299 Å². The van der Waals surface area contributed by atoms with Gasteiger partial charge in [0.05, 0.1) is 27.3 Å². The zero-order valence-corrected chi connectivity index (χ0v) is 49.3. The minimum absolute atomic E-state index is 0.00286. The van der Waals surface area contributed by atoms with Crippen LogP contribution in [-0.2, 0) is 16.2 Å². The van der Waals surface area contributed by atoms with Crippen LogP contribution in [0, 0.1) is 13.8 Å². The number of anilines is 6. The molecular weight excluding hydrogens is 953 g/mol. The van der Waals surface area contributed by atoms with E-state index in [-0.39, 0.29) is 10.8 Å². The standard InChI is InChI=1S/C71H74N2OSi2/c1-47-19-23-51(24-20-47)71(52-25-21-48(2)22-26-52)62-45-57(72(53-31-27-49(28-32-53)69(3,4)5)54-35-40-58(41-36-54)75(9,10)11)39-44-60(62)66-63(71)46-64(68-67(66)61-17-15-16-18-65(61)74-68)73(55-33-29-50(30-34-55)70(6,7)8)56-37-42-59(43-38-56)76(12,13)14/h15-46H,1-14H3. The van der Waals surface area contributed by atoms with E-state index in [1.54, 1.807) is 0 Å². The van der Waals surface area contributed by atoms with Crippen molar-refractivity contribution < 1.29 is 4.42 Å². The highest BCUT2D eigenvalue weighted by Gasteiger charge is 2.49.